The normalized spacial score (nSPS) is 18.0. The van der Waals surface area contributed by atoms with Crippen molar-refractivity contribution in [2.75, 3.05) is 0 Å². The summed E-state index contributed by atoms with van der Waals surface area (Å²) in [7, 11) is 0. The number of phenols is 1. The quantitative estimate of drug-likeness (QED) is 0.181. The Morgan fingerprint density at radius 3 is 1.73 bits per heavy atom. The number of imidazole rings is 1. The Kier molecular flexibility index (Phi) is 7.20. The standard InChI is InChI=1S/C62H69N3O/c1-58(2,3)44-26-24-39(25-27-44)41-30-31-63-52(35-41)43-32-42(33-46(34-43)60(7,8)9)48-22-19-23-54-55(48)64-57(50-37-47(61(10,11)12)38-51(56(50)66)62(13,14)15)65(54)53-29-28-45(59(4,5)6)36-49(53)40-20-17-16-18-21-40/h16-38,66H,1-15H3/i1D3,2D3,3D3,4D3,5D3,6D3. The fraction of sp³-hybridized carbons (Fsp3) is 0.323. The van der Waals surface area contributed by atoms with Crippen LogP contribution in [0.3, 0.4) is 0 Å². The van der Waals surface area contributed by atoms with Gasteiger partial charge in [-0.2, -0.15) is 0 Å². The van der Waals surface area contributed by atoms with Gasteiger partial charge in [0.2, 0.25) is 0 Å². The van der Waals surface area contributed by atoms with Crippen LogP contribution in [0.2, 0.25) is 0 Å². The van der Waals surface area contributed by atoms with Gasteiger partial charge in [-0.15, -0.1) is 0 Å². The highest BCUT2D eigenvalue weighted by atomic mass is 16.3. The van der Waals surface area contributed by atoms with E-state index in [-0.39, 0.29) is 22.7 Å². The van der Waals surface area contributed by atoms with Crippen molar-refractivity contribution in [2.45, 2.75) is 130 Å². The molecule has 0 aliphatic heterocycles. The van der Waals surface area contributed by atoms with Crippen LogP contribution in [-0.2, 0) is 27.1 Å². The summed E-state index contributed by atoms with van der Waals surface area (Å²) >= 11 is 0. The Labute approximate surface area is 420 Å². The first kappa shape index (κ1) is 28.7. The van der Waals surface area contributed by atoms with Crippen molar-refractivity contribution >= 4 is 11.0 Å². The highest BCUT2D eigenvalue weighted by Crippen LogP contribution is 2.46. The number of rotatable bonds is 6. The molecular weight excluding hydrogens is 803 g/mol. The van der Waals surface area contributed by atoms with E-state index in [1.165, 1.54) is 42.5 Å². The van der Waals surface area contributed by atoms with E-state index in [1.807, 2.05) is 73.9 Å². The molecule has 4 nitrogen and oxygen atoms in total. The number of benzene rings is 6. The first-order valence-electron chi connectivity index (χ1n) is 31.1. The number of hydrogen-bond donors (Lipinski definition) is 1. The third kappa shape index (κ3) is 9.12. The summed E-state index contributed by atoms with van der Waals surface area (Å²) in [6, 6.07) is 37.5. The molecule has 0 saturated carbocycles. The monoisotopic (exact) mass is 890 g/mol. The second kappa shape index (κ2) is 16.6. The number of hydrogen-bond acceptors (Lipinski definition) is 3. The Morgan fingerprint density at radius 1 is 0.455 bits per heavy atom. The average Bonchev–Trinajstić information content (AvgIpc) is 0.787. The molecule has 0 bridgehead atoms. The maximum atomic E-state index is 12.7. The number of pyridine rings is 1. The molecule has 66 heavy (non-hydrogen) atoms. The van der Waals surface area contributed by atoms with Gasteiger partial charge in [-0.25, -0.2) is 4.98 Å². The minimum atomic E-state index is -3.55. The lowest BCUT2D eigenvalue weighted by atomic mass is 9.79. The van der Waals surface area contributed by atoms with Crippen LogP contribution in [0.15, 0.2) is 140 Å². The molecule has 0 amide bonds. The smallest absolute Gasteiger partial charge is 0.149 e. The van der Waals surface area contributed by atoms with E-state index in [1.54, 1.807) is 42.6 Å². The lowest BCUT2D eigenvalue weighted by Gasteiger charge is -2.28. The van der Waals surface area contributed by atoms with Gasteiger partial charge in [0.1, 0.15) is 11.6 Å². The van der Waals surface area contributed by atoms with Gasteiger partial charge in [0.15, 0.2) is 0 Å². The highest BCUT2D eigenvalue weighted by Gasteiger charge is 2.30. The molecule has 0 radical (unpaired) electrons. The van der Waals surface area contributed by atoms with E-state index in [0.29, 0.717) is 66.9 Å². The van der Waals surface area contributed by atoms with Crippen molar-refractivity contribution in [3.63, 3.8) is 0 Å². The molecule has 0 spiro atoms. The van der Waals surface area contributed by atoms with Gasteiger partial charge < -0.3 is 5.11 Å². The molecule has 6 aromatic carbocycles. The van der Waals surface area contributed by atoms with E-state index in [9.17, 15) is 5.11 Å². The molecule has 8 aromatic rings. The molecule has 0 unspecified atom stereocenters. The average molecular weight is 890 g/mol. The fourth-order valence-corrected chi connectivity index (χ4v) is 8.42. The lowest BCUT2D eigenvalue weighted by Crippen LogP contribution is -2.17. The van der Waals surface area contributed by atoms with Gasteiger partial charge in [-0.1, -0.05) is 188 Å². The van der Waals surface area contributed by atoms with Gasteiger partial charge in [0.25, 0.3) is 0 Å². The first-order valence-corrected chi connectivity index (χ1v) is 22.1. The molecule has 4 heteroatoms. The maximum Gasteiger partial charge on any atom is 0.149 e. The number of nitrogens with zero attached hydrogens (tertiary/aromatic N) is 3. The van der Waals surface area contributed by atoms with Crippen LogP contribution in [0, 0.1) is 0 Å². The zero-order valence-corrected chi connectivity index (χ0v) is 39.1. The van der Waals surface area contributed by atoms with Crippen LogP contribution in [0.5, 0.6) is 5.75 Å². The molecule has 2 heterocycles. The summed E-state index contributed by atoms with van der Waals surface area (Å²) in [5.41, 5.74) is -0.107. The van der Waals surface area contributed by atoms with Gasteiger partial charge in [-0.3, -0.25) is 9.55 Å². The molecule has 8 rings (SSSR count). The molecule has 0 aliphatic rings. The van der Waals surface area contributed by atoms with Crippen molar-refractivity contribution < 1.29 is 29.8 Å². The minimum Gasteiger partial charge on any atom is -0.507 e. The third-order valence-electron chi connectivity index (χ3n) is 12.3. The van der Waals surface area contributed by atoms with Crippen LogP contribution in [0.25, 0.3) is 72.7 Å². The van der Waals surface area contributed by atoms with E-state index in [0.717, 1.165) is 11.1 Å². The zero-order chi connectivity index (χ0) is 62.7. The number of phenolic OH excluding ortho intramolecular Hbond substituents is 1. The molecule has 0 atom stereocenters. The molecule has 0 fully saturated rings. The van der Waals surface area contributed by atoms with Crippen LogP contribution in [0.4, 0.5) is 0 Å². The number of fused-ring (bicyclic) bond motifs is 1. The summed E-state index contributed by atoms with van der Waals surface area (Å²) < 4.78 is 154. The van der Waals surface area contributed by atoms with Crippen LogP contribution in [-0.4, -0.2) is 19.6 Å². The maximum absolute atomic E-state index is 12.7. The van der Waals surface area contributed by atoms with E-state index >= 15 is 0 Å². The molecule has 2 aromatic heterocycles. The van der Waals surface area contributed by atoms with Crippen molar-refractivity contribution in [1.82, 2.24) is 14.5 Å². The topological polar surface area (TPSA) is 50.9 Å². The van der Waals surface area contributed by atoms with Crippen LogP contribution in [0.1, 0.15) is 156 Å². The van der Waals surface area contributed by atoms with E-state index < -0.39 is 73.7 Å². The summed E-state index contributed by atoms with van der Waals surface area (Å²) in [6.45, 7) is -2.54. The van der Waals surface area contributed by atoms with Gasteiger partial charge in [0, 0.05) is 53.1 Å². The number of aromatic nitrogens is 3. The largest absolute Gasteiger partial charge is 0.507 e. The molecular formula is C62H69N3O. The molecule has 0 aliphatic carbocycles. The number of para-hydroxylation sites is 1. The predicted molar refractivity (Wildman–Crippen MR) is 281 cm³/mol. The van der Waals surface area contributed by atoms with Crippen LogP contribution >= 0.6 is 0 Å². The molecule has 338 valence electrons. The lowest BCUT2D eigenvalue weighted by molar-refractivity contribution is 0.446. The second-order valence-electron chi connectivity index (χ2n) is 20.5. The number of aromatic hydroxyl groups is 1. The third-order valence-corrected chi connectivity index (χ3v) is 12.3. The Bertz CT molecular complexity index is 3690. The van der Waals surface area contributed by atoms with Crippen LogP contribution < -0.4 is 0 Å². The van der Waals surface area contributed by atoms with Crippen molar-refractivity contribution in [3.8, 4) is 67.5 Å². The Hall–Kier alpha value is -6.26. The van der Waals surface area contributed by atoms with Crippen molar-refractivity contribution in [1.29, 1.82) is 0 Å². The highest BCUT2D eigenvalue weighted by molar-refractivity contribution is 5.98. The summed E-state index contributed by atoms with van der Waals surface area (Å²) in [5, 5.41) is 12.7. The van der Waals surface area contributed by atoms with E-state index in [4.69, 9.17) is 34.6 Å². The second-order valence-corrected chi connectivity index (χ2v) is 20.5. The SMILES string of the molecule is [2H]C([2H])([2H])C(c1ccc(-c2ccnc(-c3cc(-c4cccc5c4nc(-c4cc(C(C)(C)C)cc(C(C)(C)C)c4O)n5-c4ccc(C(C([2H])([2H])[2H])(C([2H])([2H])[2H])C([2H])([2H])[2H])cc4-c4ccccc4)cc(C(C)(C)C)c3)c2)cc1)(C([2H])([2H])[2H])C([2H])([2H])[2H]. The molecule has 0 saturated heterocycles. The Morgan fingerprint density at radius 2 is 1.08 bits per heavy atom. The predicted octanol–water partition coefficient (Wildman–Crippen LogP) is 16.9. The fourth-order valence-electron chi connectivity index (χ4n) is 8.42. The summed E-state index contributed by atoms with van der Waals surface area (Å²) in [4.78, 5) is 10.3. The first-order chi connectivity index (χ1) is 38.3. The van der Waals surface area contributed by atoms with E-state index in [2.05, 4.69) is 47.6 Å². The van der Waals surface area contributed by atoms with Crippen molar-refractivity contribution in [3.05, 3.63) is 167 Å². The summed E-state index contributed by atoms with van der Waals surface area (Å²) in [5.74, 6) is 0.230. The van der Waals surface area contributed by atoms with Gasteiger partial charge in [0.05, 0.1) is 28.0 Å². The zero-order valence-electron chi connectivity index (χ0n) is 57.1. The van der Waals surface area contributed by atoms with Gasteiger partial charge in [-0.05, 0) is 120 Å². The summed E-state index contributed by atoms with van der Waals surface area (Å²) in [6.07, 6.45) is 1.60. The molecule has 1 N–H and O–H groups in total. The Balaban J connectivity index is 1.44. The van der Waals surface area contributed by atoms with Crippen molar-refractivity contribution in [2.24, 2.45) is 0 Å². The van der Waals surface area contributed by atoms with Gasteiger partial charge >= 0.3 is 0 Å². The minimum absolute atomic E-state index is 0.0403.